The Morgan fingerprint density at radius 3 is 1.53 bits per heavy atom. The van der Waals surface area contributed by atoms with Crippen LogP contribution >= 0.6 is 89.3 Å². The van der Waals surface area contributed by atoms with Crippen LogP contribution < -0.4 is 50.8 Å². The quantitative estimate of drug-likeness (QED) is 0.0591. The largest absolute Gasteiger partial charge is 0.488 e. The van der Waals surface area contributed by atoms with Crippen LogP contribution in [0.3, 0.4) is 0 Å². The summed E-state index contributed by atoms with van der Waals surface area (Å²) in [5, 5.41) is 20.2. The summed E-state index contributed by atoms with van der Waals surface area (Å²) in [6.45, 7) is 0.0320. The highest BCUT2D eigenvalue weighted by molar-refractivity contribution is 14.1. The molecule has 5 aliphatic rings. The molecule has 23 rings (SSSR count). The summed E-state index contributed by atoms with van der Waals surface area (Å²) in [5.41, 5.74) is 30.4. The number of hydrogen-bond donors (Lipinski definition) is 3. The molecule has 0 saturated carbocycles. The fourth-order valence-corrected chi connectivity index (χ4v) is 18.6. The van der Waals surface area contributed by atoms with E-state index in [2.05, 4.69) is 277 Å². The van der Waals surface area contributed by atoms with Crippen LogP contribution in [-0.2, 0) is 12.8 Å². The van der Waals surface area contributed by atoms with Gasteiger partial charge in [-0.3, -0.25) is 0 Å². The highest BCUT2D eigenvalue weighted by Crippen LogP contribution is 2.50. The van der Waals surface area contributed by atoms with Gasteiger partial charge in [0.1, 0.15) is 46.0 Å². The number of para-hydroxylation sites is 6. The predicted molar refractivity (Wildman–Crippen MR) is 569 cm³/mol. The number of benzene rings is 18. The van der Waals surface area contributed by atoms with E-state index in [9.17, 15) is 0 Å². The molecule has 9 nitrogen and oxygen atoms in total. The van der Waals surface area contributed by atoms with Gasteiger partial charge in [0.2, 0.25) is 0 Å². The lowest BCUT2D eigenvalue weighted by Crippen LogP contribution is -2.59. The van der Waals surface area contributed by atoms with Gasteiger partial charge in [-0.2, -0.15) is 0 Å². The first-order chi connectivity index (χ1) is 65.2. The highest BCUT2D eigenvalue weighted by Gasteiger charge is 2.44. The Morgan fingerprint density at radius 1 is 0.391 bits per heavy atom. The van der Waals surface area contributed by atoms with E-state index in [4.69, 9.17) is 69.5 Å². The maximum Gasteiger partial charge on any atom is 0.488 e. The van der Waals surface area contributed by atoms with Crippen LogP contribution in [0.25, 0.3) is 44.5 Å². The molecule has 0 radical (unpaired) electrons. The van der Waals surface area contributed by atoms with Gasteiger partial charge in [-0.05, 0) is 305 Å². The molecule has 4 N–H and O–H groups in total. The van der Waals surface area contributed by atoms with Crippen LogP contribution in [0, 0.1) is 3.57 Å². The lowest BCUT2D eigenvalue weighted by Gasteiger charge is -2.41. The van der Waals surface area contributed by atoms with E-state index in [1.54, 1.807) is 42.5 Å². The van der Waals surface area contributed by atoms with Gasteiger partial charge in [0, 0.05) is 73.0 Å². The van der Waals surface area contributed by atoms with Gasteiger partial charge in [-0.15, -0.1) is 0 Å². The van der Waals surface area contributed by atoms with E-state index in [1.807, 2.05) is 212 Å². The third kappa shape index (κ3) is 22.9. The second kappa shape index (κ2) is 44.2. The number of allylic oxidation sites excluding steroid dienone is 2. The van der Waals surface area contributed by atoms with Crippen molar-refractivity contribution in [3.63, 3.8) is 0 Å². The molecule has 2 aliphatic carbocycles. The maximum absolute atomic E-state index is 9.01. The lowest BCUT2D eigenvalue weighted by molar-refractivity contribution is 0.425. The number of rotatable bonds is 13. The molecule has 0 fully saturated rings. The summed E-state index contributed by atoms with van der Waals surface area (Å²) in [7, 11) is -1.47. The molecule has 0 saturated heterocycles. The van der Waals surface area contributed by atoms with Gasteiger partial charge in [0.05, 0.1) is 6.04 Å². The van der Waals surface area contributed by atoms with E-state index in [0.29, 0.717) is 39.6 Å². The molecular formula is C116H87B2Br2Cl3IN3O6. The number of ether oxygens (including phenoxy) is 4. The van der Waals surface area contributed by atoms with Crippen LogP contribution in [0.5, 0.6) is 46.0 Å². The molecule has 0 amide bonds. The van der Waals surface area contributed by atoms with Gasteiger partial charge < -0.3 is 44.4 Å². The Kier molecular flexibility index (Phi) is 30.5. The van der Waals surface area contributed by atoms with Crippen molar-refractivity contribution in [1.29, 1.82) is 0 Å². The molecule has 2 atom stereocenters. The molecule has 0 aromatic heterocycles. The summed E-state index contributed by atoms with van der Waals surface area (Å²) >= 11 is 27.3. The number of nitrogens with two attached hydrogens (primary N) is 1. The summed E-state index contributed by atoms with van der Waals surface area (Å²) in [4.78, 5) is 4.90. The molecule has 0 spiro atoms. The predicted octanol–water partition coefficient (Wildman–Crippen LogP) is 30.8. The standard InChI is InChI=1S/C25H19ClO.C25H19N.C24H15BClNO.C18H13BrO.C12H11BO3.C6H4BrI.C6H6ClN/c26-22-11-6-8-19(17-22)16-20-9-4-5-15-25(20)21-10-7-14-24(18-21)27-23-12-2-1-3-13-23;1-2-8-20-17(7-1)15-18-13-14-19(16-23(18)20)26-24-11-5-3-9-21(24)22-10-4-6-12-25(22)26;26-16-7-5-8-17(15-16)27-21-12-3-1-9-18(21)19-10-6-14-23-24(19)25(27)20-11-2-4-13-22(20)28-23;19-18-12-5-4-11-17(18)14-7-6-10-16(13-14)20-15-8-2-1-3-9-15;14-13(15)10-5-4-8-12(9-10)16-11-6-2-1-3-7-11;7-5-3-1-2-4-6(5)8;7-5-2-1-3-6(8)4-5/h1-15,17-18H,16H2;1-14,16,21,24H,15H2;1-15H;1-13H;1-9,14-15H;1-4H;1-4H,8H2. The highest BCUT2D eigenvalue weighted by atomic mass is 127. The Morgan fingerprint density at radius 2 is 0.895 bits per heavy atom. The van der Waals surface area contributed by atoms with Gasteiger partial charge in [-0.1, -0.05) is 342 Å². The minimum atomic E-state index is -1.47. The normalized spacial score (nSPS) is 12.9. The molecule has 2 unspecified atom stereocenters. The second-order valence-corrected chi connectivity index (χ2v) is 35.9. The summed E-state index contributed by atoms with van der Waals surface area (Å²) in [6, 6.07) is 148. The number of anilines is 5. The smallest absolute Gasteiger partial charge is 0.458 e. The first-order valence-corrected chi connectivity index (χ1v) is 47.3. The van der Waals surface area contributed by atoms with E-state index in [1.165, 1.54) is 86.2 Å². The third-order valence-corrected chi connectivity index (χ3v) is 26.6. The summed E-state index contributed by atoms with van der Waals surface area (Å²) in [6.07, 6.45) is 10.9. The minimum absolute atomic E-state index is 0.0320. The monoisotopic (exact) mass is 2030 g/mol. The first-order valence-electron chi connectivity index (χ1n) is 43.5. The zero-order valence-electron chi connectivity index (χ0n) is 71.9. The molecule has 650 valence electrons. The Bertz CT molecular complexity index is 7110. The van der Waals surface area contributed by atoms with E-state index in [-0.39, 0.29) is 6.85 Å². The Labute approximate surface area is 822 Å². The summed E-state index contributed by atoms with van der Waals surface area (Å²) < 4.78 is 27.2. The molecule has 18 aromatic carbocycles. The molecule has 18 aromatic rings. The minimum Gasteiger partial charge on any atom is -0.458 e. The zero-order chi connectivity index (χ0) is 91.4. The van der Waals surface area contributed by atoms with Gasteiger partial charge in [0.25, 0.3) is 0 Å². The van der Waals surface area contributed by atoms with Crippen molar-refractivity contribution in [1.82, 2.24) is 0 Å². The fraction of sp³-hybridized carbons (Fsp3) is 0.0345. The van der Waals surface area contributed by atoms with E-state index < -0.39 is 7.12 Å². The molecule has 3 aliphatic heterocycles. The van der Waals surface area contributed by atoms with Crippen molar-refractivity contribution in [3.8, 4) is 90.5 Å². The average molecular weight is 2030 g/mol. The molecule has 133 heavy (non-hydrogen) atoms. The molecule has 0 bridgehead atoms. The SMILES string of the molecule is Brc1ccccc1-c1cccc(Oc2ccccc2)c1.Brc1ccccc1I.C1=CC2c3ccccc3N(c3ccc4c(c3)-c3ccccc3C4)C2C=C1.Clc1cccc(Cc2ccccc2-c2cccc(Oc3ccccc3)c2)c1.Clc1cccc(N2B3c4ccccc4Oc4cccc(c43)-c3ccccc32)c1.Nc1cccc(Cl)c1.OB(O)c1cccc(Oc2ccccc2)c1. The van der Waals surface area contributed by atoms with E-state index >= 15 is 0 Å². The van der Waals surface area contributed by atoms with Crippen molar-refractivity contribution in [2.24, 2.45) is 0 Å². The van der Waals surface area contributed by atoms with Crippen LogP contribution in [0.4, 0.5) is 28.4 Å². The molecule has 17 heteroatoms. The third-order valence-electron chi connectivity index (χ3n) is 22.8. The Balaban J connectivity index is 0.000000112. The van der Waals surface area contributed by atoms with Gasteiger partial charge in [-0.25, -0.2) is 0 Å². The average Bonchev–Trinajstić information content (AvgIpc) is 1.43. The first kappa shape index (κ1) is 91.5. The number of hydrogen-bond acceptors (Lipinski definition) is 9. The van der Waals surface area contributed by atoms with E-state index in [0.717, 1.165) is 89.7 Å². The number of halogens is 6. The lowest BCUT2D eigenvalue weighted by atomic mass is 9.44. The van der Waals surface area contributed by atoms with Crippen molar-refractivity contribution in [3.05, 3.63) is 523 Å². The van der Waals surface area contributed by atoms with Crippen LogP contribution in [-0.4, -0.2) is 30.1 Å². The zero-order valence-corrected chi connectivity index (χ0v) is 79.5. The van der Waals surface area contributed by atoms with Crippen molar-refractivity contribution in [2.75, 3.05) is 15.4 Å². The summed E-state index contributed by atoms with van der Waals surface area (Å²) in [5.74, 6) is 6.91. The van der Waals surface area contributed by atoms with Crippen LogP contribution in [0.2, 0.25) is 15.1 Å². The van der Waals surface area contributed by atoms with Crippen molar-refractivity contribution in [2.45, 2.75) is 24.8 Å². The number of nitrogen functional groups attached to an aromatic ring is 1. The van der Waals surface area contributed by atoms with Gasteiger partial charge in [0.15, 0.2) is 0 Å². The fourth-order valence-electron chi connectivity index (χ4n) is 16.8. The van der Waals surface area contributed by atoms with Crippen molar-refractivity contribution >= 4 is 148 Å². The molecule has 3 heterocycles. The van der Waals surface area contributed by atoms with Crippen LogP contribution in [0.15, 0.2) is 476 Å². The number of nitrogens with zero attached hydrogens (tertiary/aromatic N) is 2. The van der Waals surface area contributed by atoms with Gasteiger partial charge >= 0.3 is 14.0 Å². The molecular weight excluding hydrogens is 1950 g/mol. The van der Waals surface area contributed by atoms with Crippen LogP contribution in [0.1, 0.15) is 33.7 Å². The topological polar surface area (TPSA) is 110 Å². The number of fused-ring (bicyclic) bond motifs is 10. The maximum atomic E-state index is 9.01. The Hall–Kier alpha value is -13.4. The second-order valence-electron chi connectivity index (χ2n) is 31.7. The van der Waals surface area contributed by atoms with Crippen molar-refractivity contribution < 1.29 is 29.0 Å².